The van der Waals surface area contributed by atoms with Crippen LogP contribution in [-0.4, -0.2) is 12.7 Å². The van der Waals surface area contributed by atoms with Crippen LogP contribution in [0.2, 0.25) is 0 Å². The predicted molar refractivity (Wildman–Crippen MR) is 134 cm³/mol. The van der Waals surface area contributed by atoms with Crippen molar-refractivity contribution in [2.24, 2.45) is 5.84 Å². The van der Waals surface area contributed by atoms with E-state index in [4.69, 9.17) is 5.84 Å². The van der Waals surface area contributed by atoms with Gasteiger partial charge in [-0.25, -0.2) is 16.3 Å². The molecule has 0 aliphatic heterocycles. The Balaban J connectivity index is 3.13. The molecule has 1 unspecified atom stereocenters. The Bertz CT molecular complexity index is 431. The first-order valence-corrected chi connectivity index (χ1v) is 10.8. The van der Waals surface area contributed by atoms with Crippen LogP contribution in [0.4, 0.5) is 0 Å². The third-order valence-corrected chi connectivity index (χ3v) is 2.73. The molecule has 0 aliphatic carbocycles. The van der Waals surface area contributed by atoms with Gasteiger partial charge in [0, 0.05) is 6.54 Å². The molecule has 0 rings (SSSR count). The van der Waals surface area contributed by atoms with Crippen molar-refractivity contribution in [2.45, 2.75) is 20.0 Å². The molecule has 36 nitrogen and oxygen atoms in total. The average molecular weight is 599 g/mol. The van der Waals surface area contributed by atoms with Gasteiger partial charge in [0.2, 0.25) is 0 Å². The Morgan fingerprint density at radius 1 is 0.350 bits per heavy atom. The van der Waals surface area contributed by atoms with Crippen LogP contribution in [0.25, 0.3) is 0 Å². The number of hydrogen-bond acceptors (Lipinski definition) is 36. The lowest BCUT2D eigenvalue weighted by atomic mass is 10.6. The van der Waals surface area contributed by atoms with E-state index in [1.54, 1.807) is 0 Å². The monoisotopic (exact) mass is 598 g/mol. The van der Waals surface area contributed by atoms with E-state index >= 15 is 0 Å². The quantitative estimate of drug-likeness (QED) is 0.0138. The smallest absolute Gasteiger partial charge is 0.0831 e. The Kier molecular flexibility index (Phi) is 34.3. The molecule has 0 aromatic rings. The van der Waals surface area contributed by atoms with Crippen molar-refractivity contribution >= 4 is 0 Å². The van der Waals surface area contributed by atoms with Gasteiger partial charge in [0.05, 0.1) is 6.17 Å². The summed E-state index contributed by atoms with van der Waals surface area (Å²) in [5.74, 6) is 4.94. The van der Waals surface area contributed by atoms with Gasteiger partial charge >= 0.3 is 0 Å². The summed E-state index contributed by atoms with van der Waals surface area (Å²) < 4.78 is 0. The highest BCUT2D eigenvalue weighted by molar-refractivity contribution is 4.45. The summed E-state index contributed by atoms with van der Waals surface area (Å²) in [6.07, 6.45) is -0.225. The Morgan fingerprint density at radius 2 is 0.575 bits per heavy atom. The van der Waals surface area contributed by atoms with E-state index in [0.29, 0.717) is 0 Å². The SMILES string of the molecule is CCNNNNNNNNNNNNNNNNNNNC(C)NNNNNNNNNNNNNNNNN. The van der Waals surface area contributed by atoms with Crippen LogP contribution in [0.3, 0.4) is 0 Å². The van der Waals surface area contributed by atoms with Crippen LogP contribution in [0.1, 0.15) is 13.8 Å². The summed E-state index contributed by atoms with van der Waals surface area (Å²) >= 11 is 0. The van der Waals surface area contributed by atoms with E-state index in [9.17, 15) is 0 Å². The van der Waals surface area contributed by atoms with Crippen molar-refractivity contribution in [1.82, 2.24) is 193 Å². The molecule has 37 N–H and O–H groups in total. The molecule has 40 heavy (non-hydrogen) atoms. The van der Waals surface area contributed by atoms with E-state index in [2.05, 4.69) is 193 Å². The largest absolute Gasteiger partial charge is 0.257 e. The molecule has 1 atom stereocenters. The summed E-state index contributed by atoms with van der Waals surface area (Å²) in [6, 6.07) is 0. The van der Waals surface area contributed by atoms with Gasteiger partial charge in [0.15, 0.2) is 0 Å². The fraction of sp³-hybridized carbons (Fsp3) is 1.00. The maximum absolute atomic E-state index is 4.94. The normalized spacial score (nSPS) is 12.4. The molecular formula is C4H46N36. The molecule has 0 spiro atoms. The van der Waals surface area contributed by atoms with Crippen molar-refractivity contribution in [3.63, 3.8) is 0 Å². The fourth-order valence-electron chi connectivity index (χ4n) is 1.34. The Morgan fingerprint density at radius 3 is 0.825 bits per heavy atom. The molecule has 0 aliphatic rings. The minimum atomic E-state index is -0.225. The molecule has 0 fully saturated rings. The maximum Gasteiger partial charge on any atom is 0.0831 e. The summed E-state index contributed by atoms with van der Waals surface area (Å²) in [6.45, 7) is 4.52. The first-order valence-electron chi connectivity index (χ1n) is 10.8. The zero-order valence-electron chi connectivity index (χ0n) is 21.4. The second-order valence-corrected chi connectivity index (χ2v) is 5.56. The van der Waals surface area contributed by atoms with E-state index in [1.807, 2.05) is 13.8 Å². The summed E-state index contributed by atoms with van der Waals surface area (Å²) in [5.41, 5.74) is 89.1. The molecule has 0 heterocycles. The second kappa shape index (κ2) is 35.6. The van der Waals surface area contributed by atoms with Gasteiger partial charge in [0.1, 0.15) is 0 Å². The van der Waals surface area contributed by atoms with Crippen molar-refractivity contribution in [3.05, 3.63) is 0 Å². The first-order chi connectivity index (χ1) is 19.8. The highest BCUT2D eigenvalue weighted by Crippen LogP contribution is 1.62. The maximum atomic E-state index is 4.94. The van der Waals surface area contributed by atoms with Gasteiger partial charge in [-0.2, -0.15) is 177 Å². The second-order valence-electron chi connectivity index (χ2n) is 5.56. The van der Waals surface area contributed by atoms with Crippen LogP contribution >= 0.6 is 0 Å². The van der Waals surface area contributed by atoms with Crippen LogP contribution in [0.15, 0.2) is 0 Å². The third-order valence-electron chi connectivity index (χ3n) is 2.73. The number of hydrogen-bond donors (Lipinski definition) is 36. The van der Waals surface area contributed by atoms with Crippen molar-refractivity contribution < 1.29 is 0 Å². The topological polar surface area (TPSA) is 447 Å². The minimum absolute atomic E-state index is 0.225. The van der Waals surface area contributed by atoms with Gasteiger partial charge in [0.25, 0.3) is 0 Å². The average Bonchev–Trinajstić information content (AvgIpc) is 2.96. The standard InChI is InChI=1S/C4H46N36/c1-3-6-10-14-18-22-26-30-34-38-40-39-36-32-28-24-20-16-12-8-4(2)7-11-15-19-23-27-31-35-37-33-29-25-21-17-13-9-5/h4,6-40H,3,5H2,1-2H3. The Labute approximate surface area is 226 Å². The van der Waals surface area contributed by atoms with Crippen molar-refractivity contribution in [3.8, 4) is 0 Å². The highest BCUT2D eigenvalue weighted by atomic mass is 16.0. The zero-order chi connectivity index (χ0) is 29.0. The van der Waals surface area contributed by atoms with Crippen molar-refractivity contribution in [1.29, 1.82) is 0 Å². The van der Waals surface area contributed by atoms with E-state index in [-0.39, 0.29) is 6.17 Å². The molecule has 36 heteroatoms. The zero-order valence-corrected chi connectivity index (χ0v) is 21.4. The lowest BCUT2D eigenvalue weighted by Crippen LogP contribution is -2.70. The lowest BCUT2D eigenvalue weighted by Gasteiger charge is -2.19. The molecule has 0 saturated carbocycles. The summed E-state index contributed by atoms with van der Waals surface area (Å²) in [5, 5.41) is 0. The molecule has 0 aromatic heterocycles. The number of hydrazine groups is 34. The number of nitrogens with one attached hydrogen (secondary N) is 35. The van der Waals surface area contributed by atoms with Crippen LogP contribution in [0.5, 0.6) is 0 Å². The van der Waals surface area contributed by atoms with Gasteiger partial charge in [-0.15, -0.1) is 0 Å². The molecular weight excluding hydrogens is 552 g/mol. The third kappa shape index (κ3) is 34.6. The predicted octanol–water partition coefficient (Wildman–Crippen LogP) is -16.9. The lowest BCUT2D eigenvalue weighted by molar-refractivity contribution is 0.186. The van der Waals surface area contributed by atoms with E-state index in [1.165, 1.54) is 0 Å². The molecule has 0 radical (unpaired) electrons. The fourth-order valence-corrected chi connectivity index (χ4v) is 1.34. The van der Waals surface area contributed by atoms with Gasteiger partial charge in [-0.3, -0.25) is 5.84 Å². The van der Waals surface area contributed by atoms with Crippen LogP contribution < -0.4 is 199 Å². The van der Waals surface area contributed by atoms with Gasteiger partial charge in [-0.05, 0) is 6.92 Å². The number of nitrogens with two attached hydrogens (primary N) is 1. The number of rotatable bonds is 36. The summed E-state index contributed by atoms with van der Waals surface area (Å²) in [7, 11) is 0. The van der Waals surface area contributed by atoms with Crippen LogP contribution in [0, 0.1) is 0 Å². The highest BCUT2D eigenvalue weighted by Gasteiger charge is 1.96. The van der Waals surface area contributed by atoms with Gasteiger partial charge in [-0.1, -0.05) is 6.92 Å². The molecule has 0 saturated heterocycles. The summed E-state index contributed by atoms with van der Waals surface area (Å²) in [4.78, 5) is 0. The van der Waals surface area contributed by atoms with Gasteiger partial charge < -0.3 is 0 Å². The molecule has 0 aromatic carbocycles. The molecule has 242 valence electrons. The Hall–Kier alpha value is -1.44. The molecule has 0 amide bonds. The van der Waals surface area contributed by atoms with Crippen molar-refractivity contribution in [2.75, 3.05) is 6.54 Å². The van der Waals surface area contributed by atoms with E-state index in [0.717, 1.165) is 6.54 Å². The minimum Gasteiger partial charge on any atom is -0.257 e. The van der Waals surface area contributed by atoms with E-state index < -0.39 is 0 Å². The molecule has 0 bridgehead atoms. The first kappa shape index (κ1) is 38.6. The van der Waals surface area contributed by atoms with Crippen LogP contribution in [-0.2, 0) is 0 Å².